The molecule has 0 saturated carbocycles. The predicted octanol–water partition coefficient (Wildman–Crippen LogP) is 1.02. The van der Waals surface area contributed by atoms with Gasteiger partial charge in [-0.1, -0.05) is 6.07 Å². The number of nitrogens with one attached hydrogen (secondary N) is 1. The highest BCUT2D eigenvalue weighted by Crippen LogP contribution is 2.19. The number of rotatable bonds is 6. The molecule has 0 aliphatic heterocycles. The summed E-state index contributed by atoms with van der Waals surface area (Å²) >= 11 is 0. The molecule has 0 fully saturated rings. The number of hydrogen-bond acceptors (Lipinski definition) is 4. The fourth-order valence-electron chi connectivity index (χ4n) is 1.70. The van der Waals surface area contributed by atoms with Gasteiger partial charge in [0.2, 0.25) is 10.0 Å². The van der Waals surface area contributed by atoms with Crippen molar-refractivity contribution in [3.8, 4) is 0 Å². The van der Waals surface area contributed by atoms with Gasteiger partial charge in [-0.25, -0.2) is 13.1 Å². The number of aliphatic hydroxyl groups is 1. The minimum absolute atomic E-state index is 0.0543. The van der Waals surface area contributed by atoms with E-state index in [0.717, 1.165) is 5.56 Å². The number of aryl methyl sites for hydroxylation is 1. The normalized spacial score (nSPS) is 13.5. The molecule has 0 aliphatic carbocycles. The van der Waals surface area contributed by atoms with Crippen LogP contribution < -0.4 is 10.5 Å². The Morgan fingerprint density at radius 2 is 2.11 bits per heavy atom. The number of nitrogens with two attached hydrogens (primary N) is 1. The van der Waals surface area contributed by atoms with Crippen LogP contribution in [0, 0.1) is 6.92 Å². The topological polar surface area (TPSA) is 92.4 Å². The third-order valence-electron chi connectivity index (χ3n) is 2.61. The highest BCUT2D eigenvalue weighted by Gasteiger charge is 2.19. The van der Waals surface area contributed by atoms with Gasteiger partial charge >= 0.3 is 0 Å². The van der Waals surface area contributed by atoms with Gasteiger partial charge in [0.1, 0.15) is 4.90 Å². The molecule has 0 aliphatic rings. The third kappa shape index (κ3) is 3.97. The van der Waals surface area contributed by atoms with E-state index >= 15 is 0 Å². The van der Waals surface area contributed by atoms with Gasteiger partial charge in [-0.2, -0.15) is 0 Å². The van der Waals surface area contributed by atoms with Gasteiger partial charge in [-0.3, -0.25) is 0 Å². The van der Waals surface area contributed by atoms with Crippen LogP contribution in [0.3, 0.4) is 0 Å². The minimum Gasteiger partial charge on any atom is -0.398 e. The maximum Gasteiger partial charge on any atom is 0.242 e. The molecule has 1 atom stereocenters. The van der Waals surface area contributed by atoms with E-state index in [1.807, 2.05) is 6.92 Å². The molecular formula is C12H20N2O3S. The lowest BCUT2D eigenvalue weighted by Gasteiger charge is -2.15. The first-order valence-corrected chi connectivity index (χ1v) is 7.34. The minimum atomic E-state index is -3.59. The molecular weight excluding hydrogens is 252 g/mol. The van der Waals surface area contributed by atoms with Crippen LogP contribution in [-0.2, 0) is 10.0 Å². The average Bonchev–Trinajstić information content (AvgIpc) is 2.25. The van der Waals surface area contributed by atoms with Gasteiger partial charge in [-0.05, 0) is 44.4 Å². The van der Waals surface area contributed by atoms with Crippen LogP contribution >= 0.6 is 0 Å². The van der Waals surface area contributed by atoms with E-state index in [4.69, 9.17) is 10.8 Å². The molecule has 5 nitrogen and oxygen atoms in total. The van der Waals surface area contributed by atoms with Gasteiger partial charge in [0.05, 0.1) is 5.69 Å². The maximum atomic E-state index is 12.1. The molecule has 1 aromatic carbocycles. The molecule has 1 aromatic rings. The standard InChI is InChI=1S/C12H20N2O3S/c1-9-5-6-12(11(13)8-9)18(16,17)14-10(2)4-3-7-15/h5-6,8,10,14-15H,3-4,7,13H2,1-2H3. The predicted molar refractivity (Wildman–Crippen MR) is 71.7 cm³/mol. The molecule has 18 heavy (non-hydrogen) atoms. The van der Waals surface area contributed by atoms with Gasteiger partial charge < -0.3 is 10.8 Å². The van der Waals surface area contributed by atoms with Crippen molar-refractivity contribution in [1.82, 2.24) is 4.72 Å². The first kappa shape index (κ1) is 14.9. The molecule has 0 spiro atoms. The number of hydrogen-bond donors (Lipinski definition) is 3. The zero-order chi connectivity index (χ0) is 13.8. The fraction of sp³-hybridized carbons (Fsp3) is 0.500. The average molecular weight is 272 g/mol. The monoisotopic (exact) mass is 272 g/mol. The molecule has 102 valence electrons. The van der Waals surface area contributed by atoms with Gasteiger partial charge in [0, 0.05) is 12.6 Å². The molecule has 0 heterocycles. The largest absolute Gasteiger partial charge is 0.398 e. The van der Waals surface area contributed by atoms with Crippen LogP contribution in [0.1, 0.15) is 25.3 Å². The van der Waals surface area contributed by atoms with E-state index in [9.17, 15) is 8.42 Å². The van der Waals surface area contributed by atoms with Gasteiger partial charge in [0.15, 0.2) is 0 Å². The number of sulfonamides is 1. The second kappa shape index (κ2) is 6.17. The lowest BCUT2D eigenvalue weighted by molar-refractivity contribution is 0.279. The molecule has 0 aromatic heterocycles. The molecule has 0 bridgehead atoms. The first-order chi connectivity index (χ1) is 8.36. The SMILES string of the molecule is Cc1ccc(S(=O)(=O)NC(C)CCCO)c(N)c1. The summed E-state index contributed by atoms with van der Waals surface area (Å²) in [5, 5.41) is 8.71. The zero-order valence-electron chi connectivity index (χ0n) is 10.7. The molecule has 0 radical (unpaired) electrons. The lowest BCUT2D eigenvalue weighted by atomic mass is 10.2. The van der Waals surface area contributed by atoms with Crippen LogP contribution in [0.5, 0.6) is 0 Å². The van der Waals surface area contributed by atoms with E-state index in [1.165, 1.54) is 6.07 Å². The van der Waals surface area contributed by atoms with Gasteiger partial charge in [-0.15, -0.1) is 0 Å². The Hall–Kier alpha value is -1.11. The number of nitrogen functional groups attached to an aromatic ring is 1. The first-order valence-electron chi connectivity index (χ1n) is 5.86. The fourth-order valence-corrected chi connectivity index (χ4v) is 3.09. The number of anilines is 1. The second-order valence-corrected chi connectivity index (χ2v) is 6.11. The summed E-state index contributed by atoms with van der Waals surface area (Å²) in [5.41, 5.74) is 6.89. The lowest BCUT2D eigenvalue weighted by Crippen LogP contribution is -2.33. The summed E-state index contributed by atoms with van der Waals surface area (Å²) in [6, 6.07) is 4.62. The summed E-state index contributed by atoms with van der Waals surface area (Å²) in [6.45, 7) is 3.67. The highest BCUT2D eigenvalue weighted by atomic mass is 32.2. The van der Waals surface area contributed by atoms with Crippen LogP contribution in [0.2, 0.25) is 0 Å². The summed E-state index contributed by atoms with van der Waals surface area (Å²) in [7, 11) is -3.59. The summed E-state index contributed by atoms with van der Waals surface area (Å²) < 4.78 is 26.7. The molecule has 1 unspecified atom stereocenters. The highest BCUT2D eigenvalue weighted by molar-refractivity contribution is 7.89. The van der Waals surface area contributed by atoms with Crippen molar-refractivity contribution in [2.75, 3.05) is 12.3 Å². The third-order valence-corrected chi connectivity index (χ3v) is 4.27. The molecule has 0 saturated heterocycles. The second-order valence-electron chi connectivity index (χ2n) is 4.43. The molecule has 4 N–H and O–H groups in total. The van der Waals surface area contributed by atoms with Gasteiger partial charge in [0.25, 0.3) is 0 Å². The van der Waals surface area contributed by atoms with Crippen molar-refractivity contribution in [3.05, 3.63) is 23.8 Å². The molecule has 1 rings (SSSR count). The van der Waals surface area contributed by atoms with Crippen LogP contribution in [0.25, 0.3) is 0 Å². The van der Waals surface area contributed by atoms with Crippen LogP contribution in [0.4, 0.5) is 5.69 Å². The van der Waals surface area contributed by atoms with E-state index in [1.54, 1.807) is 19.1 Å². The summed E-state index contributed by atoms with van der Waals surface area (Å²) in [6.07, 6.45) is 1.15. The Bertz CT molecular complexity index is 500. The van der Waals surface area contributed by atoms with Crippen molar-refractivity contribution in [1.29, 1.82) is 0 Å². The Balaban J connectivity index is 2.86. The quantitative estimate of drug-likeness (QED) is 0.674. The van der Waals surface area contributed by atoms with Crippen molar-refractivity contribution < 1.29 is 13.5 Å². The van der Waals surface area contributed by atoms with Crippen molar-refractivity contribution in [3.63, 3.8) is 0 Å². The Kier molecular flexibility index (Phi) is 5.13. The summed E-state index contributed by atoms with van der Waals surface area (Å²) in [4.78, 5) is 0.101. The maximum absolute atomic E-state index is 12.1. The van der Waals surface area contributed by atoms with Crippen molar-refractivity contribution >= 4 is 15.7 Å². The van der Waals surface area contributed by atoms with Crippen LogP contribution in [-0.4, -0.2) is 26.2 Å². The van der Waals surface area contributed by atoms with E-state index in [0.29, 0.717) is 12.8 Å². The zero-order valence-corrected chi connectivity index (χ0v) is 11.5. The van der Waals surface area contributed by atoms with Crippen LogP contribution in [0.15, 0.2) is 23.1 Å². The summed E-state index contributed by atoms with van der Waals surface area (Å²) in [5.74, 6) is 0. The van der Waals surface area contributed by atoms with E-state index in [-0.39, 0.29) is 23.2 Å². The Labute approximate surface area is 108 Å². The number of benzene rings is 1. The smallest absolute Gasteiger partial charge is 0.242 e. The van der Waals surface area contributed by atoms with E-state index < -0.39 is 10.0 Å². The number of aliphatic hydroxyl groups excluding tert-OH is 1. The molecule has 6 heteroatoms. The van der Waals surface area contributed by atoms with E-state index in [2.05, 4.69) is 4.72 Å². The Morgan fingerprint density at radius 1 is 1.44 bits per heavy atom. The Morgan fingerprint density at radius 3 is 2.67 bits per heavy atom. The van der Waals surface area contributed by atoms with Crippen molar-refractivity contribution in [2.24, 2.45) is 0 Å². The van der Waals surface area contributed by atoms with Crippen molar-refractivity contribution in [2.45, 2.75) is 37.6 Å². The molecule has 0 amide bonds.